The van der Waals surface area contributed by atoms with Crippen LogP contribution in [0.25, 0.3) is 0 Å². The number of hydrogen-bond acceptors (Lipinski definition) is 4. The Balaban J connectivity index is 1.42. The molecule has 0 radical (unpaired) electrons. The molecular weight excluding hydrogens is 338 g/mol. The Labute approximate surface area is 151 Å². The van der Waals surface area contributed by atoms with Crippen LogP contribution in [0.2, 0.25) is 0 Å². The summed E-state index contributed by atoms with van der Waals surface area (Å²) in [7, 11) is 0. The molecule has 1 aromatic rings. The zero-order valence-corrected chi connectivity index (χ0v) is 15.2. The van der Waals surface area contributed by atoms with Crippen molar-refractivity contribution in [3.8, 4) is 0 Å². The highest BCUT2D eigenvalue weighted by molar-refractivity contribution is 7.14. The molecule has 0 atom stereocenters. The van der Waals surface area contributed by atoms with E-state index in [2.05, 4.69) is 16.2 Å². The molecule has 1 fully saturated rings. The first kappa shape index (κ1) is 17.9. The van der Waals surface area contributed by atoms with Crippen LogP contribution in [0.5, 0.6) is 0 Å². The van der Waals surface area contributed by atoms with Crippen LogP contribution in [-0.4, -0.2) is 24.3 Å². The average molecular weight is 363 g/mol. The lowest BCUT2D eigenvalue weighted by atomic mass is 10.1. The smallest absolute Gasteiger partial charge is 0.279 e. The zero-order chi connectivity index (χ0) is 17.6. The third kappa shape index (κ3) is 4.81. The maximum Gasteiger partial charge on any atom is 0.279 e. The second-order valence-electron chi connectivity index (χ2n) is 6.82. The van der Waals surface area contributed by atoms with E-state index in [1.54, 1.807) is 0 Å². The molecule has 0 unspecified atom stereocenters. The number of rotatable bonds is 4. The summed E-state index contributed by atoms with van der Waals surface area (Å²) in [5, 5.41) is 2.63. The number of thiophene rings is 1. The van der Waals surface area contributed by atoms with Crippen LogP contribution in [-0.2, 0) is 22.4 Å². The summed E-state index contributed by atoms with van der Waals surface area (Å²) in [4.78, 5) is 37.8. The van der Waals surface area contributed by atoms with Crippen molar-refractivity contribution in [2.75, 3.05) is 6.54 Å². The van der Waals surface area contributed by atoms with Crippen molar-refractivity contribution in [3.63, 3.8) is 0 Å². The summed E-state index contributed by atoms with van der Waals surface area (Å²) in [5.41, 5.74) is 6.08. The van der Waals surface area contributed by atoms with E-state index in [-0.39, 0.29) is 24.3 Å². The van der Waals surface area contributed by atoms with Gasteiger partial charge < -0.3 is 5.32 Å². The molecular formula is C18H25N3O3S. The van der Waals surface area contributed by atoms with Gasteiger partial charge in [-0.05, 0) is 50.2 Å². The number of fused-ring (bicyclic) bond motifs is 1. The van der Waals surface area contributed by atoms with E-state index in [0.717, 1.165) is 38.5 Å². The van der Waals surface area contributed by atoms with Crippen molar-refractivity contribution >= 4 is 29.1 Å². The second-order valence-corrected chi connectivity index (χ2v) is 7.96. The number of aryl methyl sites for hydroxylation is 2. The summed E-state index contributed by atoms with van der Waals surface area (Å²) < 4.78 is 0. The van der Waals surface area contributed by atoms with Crippen molar-refractivity contribution in [3.05, 3.63) is 21.4 Å². The minimum atomic E-state index is -0.419. The highest BCUT2D eigenvalue weighted by Crippen LogP contribution is 2.28. The molecule has 25 heavy (non-hydrogen) atoms. The van der Waals surface area contributed by atoms with E-state index < -0.39 is 5.91 Å². The standard InChI is InChI=1S/C18H25N3O3S/c22-16(11-19-17(23)12-6-4-5-7-12)20-21-18(24)15-10-13-8-2-1-3-9-14(13)25-15/h10,12H,1-9,11H2,(H,19,23)(H,20,22)(H,21,24). The van der Waals surface area contributed by atoms with Gasteiger partial charge >= 0.3 is 0 Å². The molecule has 0 saturated heterocycles. The van der Waals surface area contributed by atoms with Gasteiger partial charge in [0.1, 0.15) is 0 Å². The summed E-state index contributed by atoms with van der Waals surface area (Å²) in [6, 6.07) is 1.94. The topological polar surface area (TPSA) is 87.3 Å². The summed E-state index contributed by atoms with van der Waals surface area (Å²) in [5.74, 6) is -0.753. The Morgan fingerprint density at radius 3 is 2.56 bits per heavy atom. The molecule has 136 valence electrons. The fraction of sp³-hybridized carbons (Fsp3) is 0.611. The van der Waals surface area contributed by atoms with Gasteiger partial charge in [0.25, 0.3) is 11.8 Å². The van der Waals surface area contributed by atoms with Crippen LogP contribution in [0.15, 0.2) is 6.07 Å². The summed E-state index contributed by atoms with van der Waals surface area (Å²) in [6.45, 7) is -0.115. The molecule has 3 N–H and O–H groups in total. The van der Waals surface area contributed by atoms with Gasteiger partial charge in [0, 0.05) is 10.8 Å². The van der Waals surface area contributed by atoms with Crippen LogP contribution < -0.4 is 16.2 Å². The van der Waals surface area contributed by atoms with E-state index in [1.165, 1.54) is 41.0 Å². The van der Waals surface area contributed by atoms with Gasteiger partial charge in [-0.2, -0.15) is 0 Å². The molecule has 2 aliphatic carbocycles. The summed E-state index contributed by atoms with van der Waals surface area (Å²) in [6.07, 6.45) is 9.59. The molecule has 6 nitrogen and oxygen atoms in total. The average Bonchev–Trinajstić information content (AvgIpc) is 3.24. The minimum absolute atomic E-state index is 0.0314. The molecule has 0 bridgehead atoms. The lowest BCUT2D eigenvalue weighted by molar-refractivity contribution is -0.128. The Morgan fingerprint density at radius 1 is 1.00 bits per heavy atom. The van der Waals surface area contributed by atoms with Crippen LogP contribution >= 0.6 is 11.3 Å². The molecule has 2 aliphatic rings. The first-order chi connectivity index (χ1) is 12.1. The SMILES string of the molecule is O=C(CNC(=O)C1CCCC1)NNC(=O)c1cc2c(s1)CCCCC2. The quantitative estimate of drug-likeness (QED) is 0.565. The van der Waals surface area contributed by atoms with Gasteiger partial charge in [-0.3, -0.25) is 25.2 Å². The van der Waals surface area contributed by atoms with Gasteiger partial charge in [0.2, 0.25) is 5.91 Å². The Bertz CT molecular complexity index is 626. The molecule has 3 amide bonds. The Kier molecular flexibility index (Phi) is 6.07. The van der Waals surface area contributed by atoms with Gasteiger partial charge in [0.15, 0.2) is 0 Å². The van der Waals surface area contributed by atoms with E-state index in [9.17, 15) is 14.4 Å². The van der Waals surface area contributed by atoms with Gasteiger partial charge in [-0.1, -0.05) is 19.3 Å². The van der Waals surface area contributed by atoms with E-state index in [1.807, 2.05) is 6.07 Å². The zero-order valence-electron chi connectivity index (χ0n) is 14.4. The predicted octanol–water partition coefficient (Wildman–Crippen LogP) is 2.08. The van der Waals surface area contributed by atoms with E-state index >= 15 is 0 Å². The number of carbonyl (C=O) groups excluding carboxylic acids is 3. The first-order valence-electron chi connectivity index (χ1n) is 9.12. The van der Waals surface area contributed by atoms with E-state index in [0.29, 0.717) is 4.88 Å². The van der Waals surface area contributed by atoms with Gasteiger partial charge in [-0.25, -0.2) is 0 Å². The van der Waals surface area contributed by atoms with E-state index in [4.69, 9.17) is 0 Å². The summed E-state index contributed by atoms with van der Waals surface area (Å²) >= 11 is 1.51. The van der Waals surface area contributed by atoms with Gasteiger partial charge in [-0.15, -0.1) is 11.3 Å². The number of hydrazine groups is 1. The largest absolute Gasteiger partial charge is 0.347 e. The normalized spacial score (nSPS) is 17.4. The molecule has 7 heteroatoms. The molecule has 3 rings (SSSR count). The highest BCUT2D eigenvalue weighted by Gasteiger charge is 2.23. The number of hydrogen-bond donors (Lipinski definition) is 3. The lowest BCUT2D eigenvalue weighted by Gasteiger charge is -2.10. The highest BCUT2D eigenvalue weighted by atomic mass is 32.1. The molecule has 0 spiro atoms. The fourth-order valence-electron chi connectivity index (χ4n) is 3.51. The molecule has 1 saturated carbocycles. The first-order valence-corrected chi connectivity index (χ1v) is 9.93. The van der Waals surface area contributed by atoms with Crippen molar-refractivity contribution in [2.24, 2.45) is 5.92 Å². The van der Waals surface area contributed by atoms with Crippen LogP contribution in [0.4, 0.5) is 0 Å². The monoisotopic (exact) mass is 363 g/mol. The fourth-order valence-corrected chi connectivity index (χ4v) is 4.66. The Morgan fingerprint density at radius 2 is 1.76 bits per heavy atom. The second kappa shape index (κ2) is 8.47. The van der Waals surface area contributed by atoms with Crippen molar-refractivity contribution in [1.29, 1.82) is 0 Å². The Hall–Kier alpha value is -1.89. The third-order valence-corrected chi connectivity index (χ3v) is 6.17. The third-order valence-electron chi connectivity index (χ3n) is 4.93. The van der Waals surface area contributed by atoms with Gasteiger partial charge in [0.05, 0.1) is 11.4 Å². The number of nitrogens with one attached hydrogen (secondary N) is 3. The molecule has 0 aromatic carbocycles. The molecule has 1 heterocycles. The molecule has 0 aliphatic heterocycles. The van der Waals surface area contributed by atoms with Crippen molar-refractivity contribution < 1.29 is 14.4 Å². The maximum absolute atomic E-state index is 12.2. The van der Waals surface area contributed by atoms with Crippen LogP contribution in [0.1, 0.15) is 65.1 Å². The van der Waals surface area contributed by atoms with Crippen molar-refractivity contribution in [2.45, 2.75) is 57.8 Å². The number of amides is 3. The molecule has 1 aromatic heterocycles. The van der Waals surface area contributed by atoms with Crippen LogP contribution in [0, 0.1) is 5.92 Å². The minimum Gasteiger partial charge on any atom is -0.347 e. The van der Waals surface area contributed by atoms with Crippen LogP contribution in [0.3, 0.4) is 0 Å². The lowest BCUT2D eigenvalue weighted by Crippen LogP contribution is -2.46. The van der Waals surface area contributed by atoms with Crippen molar-refractivity contribution in [1.82, 2.24) is 16.2 Å². The predicted molar refractivity (Wildman–Crippen MR) is 96.2 cm³/mol. The maximum atomic E-state index is 12.2. The number of carbonyl (C=O) groups is 3.